The van der Waals surface area contributed by atoms with E-state index in [1.807, 2.05) is 42.5 Å². The molecule has 0 N–H and O–H groups in total. The van der Waals surface area contributed by atoms with Crippen molar-refractivity contribution in [3.05, 3.63) is 95.9 Å². The highest BCUT2D eigenvalue weighted by molar-refractivity contribution is 6.02. The van der Waals surface area contributed by atoms with Crippen molar-refractivity contribution < 1.29 is 14.0 Å². The third-order valence-electron chi connectivity index (χ3n) is 5.15. The Morgan fingerprint density at radius 1 is 0.963 bits per heavy atom. The number of benzene rings is 2. The zero-order chi connectivity index (χ0) is 18.6. The fourth-order valence-electron chi connectivity index (χ4n) is 3.81. The summed E-state index contributed by atoms with van der Waals surface area (Å²) in [5.74, 6) is 0.235. The zero-order valence-electron chi connectivity index (χ0n) is 15.0. The van der Waals surface area contributed by atoms with Gasteiger partial charge in [0.1, 0.15) is 11.8 Å². The summed E-state index contributed by atoms with van der Waals surface area (Å²) in [7, 11) is 0. The highest BCUT2D eigenvalue weighted by Gasteiger charge is 2.45. The number of Topliss-reactive ketones (excluding diaryl/α,β-unsaturated/α-hetero) is 1. The summed E-state index contributed by atoms with van der Waals surface area (Å²) in [6.45, 7) is 0.562. The van der Waals surface area contributed by atoms with Crippen LogP contribution in [0.15, 0.2) is 83.5 Å². The van der Waals surface area contributed by atoms with Crippen LogP contribution >= 0.6 is 0 Å². The zero-order valence-corrected chi connectivity index (χ0v) is 15.0. The van der Waals surface area contributed by atoms with E-state index in [0.29, 0.717) is 17.9 Å². The molecule has 0 spiro atoms. The summed E-state index contributed by atoms with van der Waals surface area (Å²) in [5, 5.41) is 0. The molecule has 1 aromatic heterocycles. The molecule has 4 heteroatoms. The van der Waals surface area contributed by atoms with Gasteiger partial charge < -0.3 is 9.32 Å². The molecule has 1 amide bonds. The number of likely N-dealkylation sites (tertiary alicyclic amines) is 1. The quantitative estimate of drug-likeness (QED) is 0.617. The summed E-state index contributed by atoms with van der Waals surface area (Å²) in [6, 6.07) is 22.5. The second kappa shape index (κ2) is 7.62. The Morgan fingerprint density at radius 3 is 2.33 bits per heavy atom. The summed E-state index contributed by atoms with van der Waals surface area (Å²) >= 11 is 0. The SMILES string of the molecule is O=C(c1ccccc1)[C@@H]1CC(=O)N(CCc2ccccc2)[C@H]1c1ccco1. The maximum Gasteiger partial charge on any atom is 0.224 e. The van der Waals surface area contributed by atoms with E-state index >= 15 is 0 Å². The Morgan fingerprint density at radius 2 is 1.67 bits per heavy atom. The molecule has 136 valence electrons. The van der Waals surface area contributed by atoms with E-state index in [1.54, 1.807) is 29.4 Å². The fourth-order valence-corrected chi connectivity index (χ4v) is 3.81. The van der Waals surface area contributed by atoms with Gasteiger partial charge in [-0.2, -0.15) is 0 Å². The van der Waals surface area contributed by atoms with Crippen molar-refractivity contribution in [2.75, 3.05) is 6.54 Å². The molecule has 2 heterocycles. The minimum atomic E-state index is -0.429. The van der Waals surface area contributed by atoms with E-state index in [1.165, 1.54) is 5.56 Å². The molecule has 0 bridgehead atoms. The number of amides is 1. The van der Waals surface area contributed by atoms with Gasteiger partial charge in [-0.15, -0.1) is 0 Å². The number of hydrogen-bond acceptors (Lipinski definition) is 3. The Balaban J connectivity index is 1.61. The van der Waals surface area contributed by atoms with E-state index < -0.39 is 5.92 Å². The van der Waals surface area contributed by atoms with Gasteiger partial charge in [0.15, 0.2) is 5.78 Å². The highest BCUT2D eigenvalue weighted by atomic mass is 16.3. The number of nitrogens with zero attached hydrogens (tertiary/aromatic N) is 1. The van der Waals surface area contributed by atoms with Gasteiger partial charge >= 0.3 is 0 Å². The monoisotopic (exact) mass is 359 g/mol. The minimum Gasteiger partial charge on any atom is -0.467 e. The third-order valence-corrected chi connectivity index (χ3v) is 5.15. The van der Waals surface area contributed by atoms with Crippen LogP contribution in [0.2, 0.25) is 0 Å². The number of ketones is 1. The molecule has 1 aliphatic heterocycles. The van der Waals surface area contributed by atoms with E-state index in [4.69, 9.17) is 4.42 Å². The van der Waals surface area contributed by atoms with Crippen molar-refractivity contribution in [3.63, 3.8) is 0 Å². The van der Waals surface area contributed by atoms with Crippen LogP contribution in [0.1, 0.15) is 34.1 Å². The van der Waals surface area contributed by atoms with Crippen LogP contribution in [0, 0.1) is 5.92 Å². The summed E-state index contributed by atoms with van der Waals surface area (Å²) in [6.07, 6.45) is 2.56. The van der Waals surface area contributed by atoms with Crippen LogP contribution in [0.4, 0.5) is 0 Å². The molecule has 0 radical (unpaired) electrons. The van der Waals surface area contributed by atoms with Gasteiger partial charge in [-0.3, -0.25) is 9.59 Å². The second-order valence-electron chi connectivity index (χ2n) is 6.82. The first-order valence-electron chi connectivity index (χ1n) is 9.20. The molecule has 4 nitrogen and oxygen atoms in total. The van der Waals surface area contributed by atoms with Crippen LogP contribution in [-0.4, -0.2) is 23.1 Å². The normalized spacial score (nSPS) is 19.4. The number of rotatable bonds is 6. The van der Waals surface area contributed by atoms with Gasteiger partial charge in [0.2, 0.25) is 5.91 Å². The average molecular weight is 359 g/mol. The number of carbonyl (C=O) groups is 2. The lowest BCUT2D eigenvalue weighted by Gasteiger charge is -2.26. The minimum absolute atomic E-state index is 0.00149. The Bertz CT molecular complexity index is 903. The molecule has 27 heavy (non-hydrogen) atoms. The van der Waals surface area contributed by atoms with Crippen LogP contribution < -0.4 is 0 Å². The molecule has 4 rings (SSSR count). The molecule has 0 unspecified atom stereocenters. The maximum atomic E-state index is 13.1. The van der Waals surface area contributed by atoms with Gasteiger partial charge in [0, 0.05) is 18.5 Å². The van der Waals surface area contributed by atoms with Crippen molar-refractivity contribution in [1.82, 2.24) is 4.90 Å². The number of furan rings is 1. The van der Waals surface area contributed by atoms with Crippen LogP contribution in [0.5, 0.6) is 0 Å². The van der Waals surface area contributed by atoms with Gasteiger partial charge in [-0.25, -0.2) is 0 Å². The lowest BCUT2D eigenvalue weighted by molar-refractivity contribution is -0.129. The van der Waals surface area contributed by atoms with E-state index in [2.05, 4.69) is 12.1 Å². The Kier molecular flexibility index (Phi) is 4.88. The van der Waals surface area contributed by atoms with E-state index in [9.17, 15) is 9.59 Å². The van der Waals surface area contributed by atoms with Gasteiger partial charge in [0.25, 0.3) is 0 Å². The highest BCUT2D eigenvalue weighted by Crippen LogP contribution is 2.40. The lowest BCUT2D eigenvalue weighted by Crippen LogP contribution is -2.32. The first-order chi connectivity index (χ1) is 13.2. The van der Waals surface area contributed by atoms with E-state index in [0.717, 1.165) is 6.42 Å². The molecular weight excluding hydrogens is 338 g/mol. The van der Waals surface area contributed by atoms with Crippen LogP contribution in [0.25, 0.3) is 0 Å². The number of hydrogen-bond donors (Lipinski definition) is 0. The molecule has 0 aliphatic carbocycles. The standard InChI is InChI=1S/C23H21NO3/c25-21-16-19(23(26)18-10-5-2-6-11-18)22(20-12-7-15-27-20)24(21)14-13-17-8-3-1-4-9-17/h1-12,15,19,22H,13-14,16H2/t19-,22-/m1/s1. The topological polar surface area (TPSA) is 50.5 Å². The summed E-state index contributed by atoms with van der Waals surface area (Å²) < 4.78 is 5.62. The van der Waals surface area contributed by atoms with Crippen molar-refractivity contribution in [3.8, 4) is 0 Å². The van der Waals surface area contributed by atoms with Crippen molar-refractivity contribution in [2.45, 2.75) is 18.9 Å². The van der Waals surface area contributed by atoms with Crippen molar-refractivity contribution in [1.29, 1.82) is 0 Å². The second-order valence-corrected chi connectivity index (χ2v) is 6.82. The first-order valence-corrected chi connectivity index (χ1v) is 9.20. The smallest absolute Gasteiger partial charge is 0.224 e. The first kappa shape index (κ1) is 17.3. The Hall–Kier alpha value is -3.14. The molecule has 2 aromatic carbocycles. The predicted octanol–water partition coefficient (Wildman–Crippen LogP) is 4.29. The van der Waals surface area contributed by atoms with Crippen molar-refractivity contribution in [2.24, 2.45) is 5.92 Å². The van der Waals surface area contributed by atoms with E-state index in [-0.39, 0.29) is 24.2 Å². The molecule has 1 aliphatic rings. The fraction of sp³-hybridized carbons (Fsp3) is 0.217. The Labute approximate surface area is 158 Å². The molecule has 1 fully saturated rings. The average Bonchev–Trinajstić information content (AvgIpc) is 3.35. The summed E-state index contributed by atoms with van der Waals surface area (Å²) in [4.78, 5) is 27.7. The van der Waals surface area contributed by atoms with Gasteiger partial charge in [-0.05, 0) is 24.1 Å². The summed E-state index contributed by atoms with van der Waals surface area (Å²) in [5.41, 5.74) is 1.80. The molecule has 1 saturated heterocycles. The molecule has 2 atom stereocenters. The van der Waals surface area contributed by atoms with Gasteiger partial charge in [-0.1, -0.05) is 60.7 Å². The van der Waals surface area contributed by atoms with Gasteiger partial charge in [0.05, 0.1) is 12.2 Å². The van der Waals surface area contributed by atoms with Crippen LogP contribution in [0.3, 0.4) is 0 Å². The predicted molar refractivity (Wildman–Crippen MR) is 102 cm³/mol. The number of carbonyl (C=O) groups excluding carboxylic acids is 2. The molecule has 3 aromatic rings. The third kappa shape index (κ3) is 3.56. The van der Waals surface area contributed by atoms with Crippen LogP contribution in [-0.2, 0) is 11.2 Å². The van der Waals surface area contributed by atoms with Crippen molar-refractivity contribution >= 4 is 11.7 Å². The maximum absolute atomic E-state index is 13.1. The molecular formula is C23H21NO3. The lowest BCUT2D eigenvalue weighted by atomic mass is 9.89. The molecule has 0 saturated carbocycles. The largest absolute Gasteiger partial charge is 0.467 e.